The number of allylic oxidation sites excluding steroid dienone is 2. The van der Waals surface area contributed by atoms with E-state index in [1.54, 1.807) is 18.3 Å². The summed E-state index contributed by atoms with van der Waals surface area (Å²) in [7, 11) is 3.64. The second-order valence-corrected chi connectivity index (χ2v) is 5.68. The summed E-state index contributed by atoms with van der Waals surface area (Å²) in [6.45, 7) is 5.44. The minimum absolute atomic E-state index is 0.941. The molecule has 0 bridgehead atoms. The van der Waals surface area contributed by atoms with Gasteiger partial charge in [0.2, 0.25) is 0 Å². The van der Waals surface area contributed by atoms with E-state index in [-0.39, 0.29) is 0 Å². The molecule has 0 heterocycles. The van der Waals surface area contributed by atoms with Gasteiger partial charge in [0.25, 0.3) is 0 Å². The number of methoxy groups -OCH3 is 1. The maximum atomic E-state index is 5.18. The fraction of sp³-hybridized carbons (Fsp3) is 0.579. The highest BCUT2D eigenvalue weighted by atomic mass is 16.5. The van der Waals surface area contributed by atoms with Crippen molar-refractivity contribution in [1.82, 2.24) is 5.32 Å². The van der Waals surface area contributed by atoms with Crippen molar-refractivity contribution in [1.29, 1.82) is 0 Å². The maximum Gasteiger partial charge on any atom is 0.118 e. The number of rotatable bonds is 4. The molecule has 21 heavy (non-hydrogen) atoms. The molecule has 0 radical (unpaired) electrons. The van der Waals surface area contributed by atoms with Gasteiger partial charge in [-0.05, 0) is 70.3 Å². The normalized spacial score (nSPS) is 14.2. The molecule has 1 aromatic carbocycles. The Morgan fingerprint density at radius 3 is 2.14 bits per heavy atom. The van der Waals surface area contributed by atoms with Gasteiger partial charge in [-0.15, -0.1) is 0 Å². The molecule has 1 aliphatic rings. The molecule has 1 N–H and O–H groups in total. The SMILES string of the molecule is CCNC.COc1ccc(CC(C)=C2CCCCC2)cc1. The van der Waals surface area contributed by atoms with Crippen LogP contribution in [0.3, 0.4) is 0 Å². The summed E-state index contributed by atoms with van der Waals surface area (Å²) in [5.74, 6) is 0.941. The third-order valence-electron chi connectivity index (χ3n) is 4.04. The Labute approximate surface area is 130 Å². The Morgan fingerprint density at radius 1 is 1.10 bits per heavy atom. The van der Waals surface area contributed by atoms with Crippen molar-refractivity contribution in [3.8, 4) is 5.75 Å². The van der Waals surface area contributed by atoms with Gasteiger partial charge in [-0.1, -0.05) is 36.6 Å². The van der Waals surface area contributed by atoms with Crippen LogP contribution in [-0.2, 0) is 6.42 Å². The summed E-state index contributed by atoms with van der Waals surface area (Å²) in [5, 5.41) is 2.93. The molecule has 2 nitrogen and oxygen atoms in total. The first-order chi connectivity index (χ1) is 10.2. The molecule has 2 heteroatoms. The van der Waals surface area contributed by atoms with Crippen LogP contribution >= 0.6 is 0 Å². The summed E-state index contributed by atoms with van der Waals surface area (Å²) >= 11 is 0. The van der Waals surface area contributed by atoms with E-state index in [4.69, 9.17) is 4.74 Å². The summed E-state index contributed by atoms with van der Waals surface area (Å²) in [4.78, 5) is 0. The molecule has 0 saturated heterocycles. The smallest absolute Gasteiger partial charge is 0.118 e. The van der Waals surface area contributed by atoms with Gasteiger partial charge in [0.05, 0.1) is 7.11 Å². The maximum absolute atomic E-state index is 5.18. The van der Waals surface area contributed by atoms with Gasteiger partial charge in [0.15, 0.2) is 0 Å². The molecule has 0 aliphatic heterocycles. The van der Waals surface area contributed by atoms with Gasteiger partial charge in [0, 0.05) is 0 Å². The summed E-state index contributed by atoms with van der Waals surface area (Å²) in [6, 6.07) is 8.44. The zero-order valence-electron chi connectivity index (χ0n) is 14.2. The van der Waals surface area contributed by atoms with Crippen molar-refractivity contribution in [2.45, 2.75) is 52.4 Å². The lowest BCUT2D eigenvalue weighted by Crippen LogP contribution is -2.01. The Hall–Kier alpha value is -1.28. The Kier molecular flexibility index (Phi) is 8.84. The fourth-order valence-electron chi connectivity index (χ4n) is 2.58. The molecule has 1 fully saturated rings. The van der Waals surface area contributed by atoms with Crippen molar-refractivity contribution in [3.63, 3.8) is 0 Å². The van der Waals surface area contributed by atoms with Gasteiger partial charge in [0.1, 0.15) is 5.75 Å². The Bertz CT molecular complexity index is 410. The third-order valence-corrected chi connectivity index (χ3v) is 4.04. The molecule has 0 aromatic heterocycles. The quantitative estimate of drug-likeness (QED) is 0.808. The van der Waals surface area contributed by atoms with Crippen LogP contribution in [0.2, 0.25) is 0 Å². The van der Waals surface area contributed by atoms with Gasteiger partial charge in [-0.25, -0.2) is 0 Å². The zero-order chi connectivity index (χ0) is 15.5. The van der Waals surface area contributed by atoms with Crippen LogP contribution in [0.4, 0.5) is 0 Å². The van der Waals surface area contributed by atoms with E-state index in [1.807, 2.05) is 19.2 Å². The van der Waals surface area contributed by atoms with Crippen molar-refractivity contribution >= 4 is 0 Å². The van der Waals surface area contributed by atoms with Gasteiger partial charge in [-0.3, -0.25) is 0 Å². The van der Waals surface area contributed by atoms with E-state index >= 15 is 0 Å². The monoisotopic (exact) mass is 289 g/mol. The van der Waals surface area contributed by atoms with Crippen molar-refractivity contribution < 1.29 is 4.74 Å². The molecule has 1 aliphatic carbocycles. The van der Waals surface area contributed by atoms with Gasteiger partial charge < -0.3 is 10.1 Å². The van der Waals surface area contributed by atoms with E-state index in [1.165, 1.54) is 37.7 Å². The van der Waals surface area contributed by atoms with E-state index in [0.717, 1.165) is 18.7 Å². The topological polar surface area (TPSA) is 21.3 Å². The number of hydrogen-bond donors (Lipinski definition) is 1. The van der Waals surface area contributed by atoms with Crippen molar-refractivity contribution in [3.05, 3.63) is 41.0 Å². The highest BCUT2D eigenvalue weighted by Crippen LogP contribution is 2.27. The van der Waals surface area contributed by atoms with Crippen LogP contribution in [0.15, 0.2) is 35.4 Å². The predicted octanol–water partition coefficient (Wildman–Crippen LogP) is 4.74. The second-order valence-electron chi connectivity index (χ2n) is 5.68. The van der Waals surface area contributed by atoms with Gasteiger partial charge >= 0.3 is 0 Å². The summed E-state index contributed by atoms with van der Waals surface area (Å²) < 4.78 is 5.18. The molecule has 0 unspecified atom stereocenters. The minimum atomic E-state index is 0.941. The van der Waals surface area contributed by atoms with Crippen molar-refractivity contribution in [2.75, 3.05) is 20.7 Å². The van der Waals surface area contributed by atoms with Crippen LogP contribution in [0.1, 0.15) is 51.5 Å². The first-order valence-electron chi connectivity index (χ1n) is 8.16. The van der Waals surface area contributed by atoms with Crippen LogP contribution in [-0.4, -0.2) is 20.7 Å². The molecule has 0 amide bonds. The fourth-order valence-corrected chi connectivity index (χ4v) is 2.58. The first-order valence-corrected chi connectivity index (χ1v) is 8.16. The molecular weight excluding hydrogens is 258 g/mol. The number of ether oxygens (including phenoxy) is 1. The average Bonchev–Trinajstić information content (AvgIpc) is 2.56. The van der Waals surface area contributed by atoms with Crippen LogP contribution < -0.4 is 10.1 Å². The number of benzene rings is 1. The van der Waals surface area contributed by atoms with E-state index in [0.29, 0.717) is 0 Å². The van der Waals surface area contributed by atoms with Gasteiger partial charge in [-0.2, -0.15) is 0 Å². The largest absolute Gasteiger partial charge is 0.497 e. The first kappa shape index (κ1) is 17.8. The molecule has 1 saturated carbocycles. The Balaban J connectivity index is 0.000000491. The highest BCUT2D eigenvalue weighted by Gasteiger charge is 2.08. The molecule has 118 valence electrons. The average molecular weight is 289 g/mol. The highest BCUT2D eigenvalue weighted by molar-refractivity contribution is 5.30. The second kappa shape index (κ2) is 10.4. The molecular formula is C19H31NO. The lowest BCUT2D eigenvalue weighted by Gasteiger charge is -2.17. The number of hydrogen-bond acceptors (Lipinski definition) is 2. The predicted molar refractivity (Wildman–Crippen MR) is 92.1 cm³/mol. The van der Waals surface area contributed by atoms with E-state index < -0.39 is 0 Å². The van der Waals surface area contributed by atoms with Crippen LogP contribution in [0.25, 0.3) is 0 Å². The molecule has 0 spiro atoms. The summed E-state index contributed by atoms with van der Waals surface area (Å²) in [6.07, 6.45) is 7.92. The summed E-state index contributed by atoms with van der Waals surface area (Å²) in [5.41, 5.74) is 4.67. The molecule has 2 rings (SSSR count). The van der Waals surface area contributed by atoms with Crippen molar-refractivity contribution in [2.24, 2.45) is 0 Å². The lowest BCUT2D eigenvalue weighted by molar-refractivity contribution is 0.414. The van der Waals surface area contributed by atoms with Crippen LogP contribution in [0, 0.1) is 0 Å². The zero-order valence-corrected chi connectivity index (χ0v) is 14.2. The molecule has 1 aromatic rings. The third kappa shape index (κ3) is 6.81. The standard InChI is InChI=1S/C16H22O.C3H9N/c1-13(15-6-4-3-5-7-15)12-14-8-10-16(17-2)11-9-14;1-3-4-2/h8-11H,3-7,12H2,1-2H3;4H,3H2,1-2H3. The molecule has 0 atom stereocenters. The van der Waals surface area contributed by atoms with E-state index in [9.17, 15) is 0 Å². The number of nitrogens with one attached hydrogen (secondary N) is 1. The van der Waals surface area contributed by atoms with Crippen LogP contribution in [0.5, 0.6) is 5.75 Å². The Morgan fingerprint density at radius 2 is 1.67 bits per heavy atom. The lowest BCUT2D eigenvalue weighted by atomic mass is 9.89. The van der Waals surface area contributed by atoms with E-state index in [2.05, 4.69) is 31.3 Å². The minimum Gasteiger partial charge on any atom is -0.497 e.